The lowest BCUT2D eigenvalue weighted by atomic mass is 10.1. The van der Waals surface area contributed by atoms with Crippen molar-refractivity contribution in [2.45, 2.75) is 44.1 Å². The summed E-state index contributed by atoms with van der Waals surface area (Å²) in [6, 6.07) is 8.06. The monoisotopic (exact) mass is 343 g/mol. The average molecular weight is 343 g/mol. The van der Waals surface area contributed by atoms with Gasteiger partial charge >= 0.3 is 0 Å². The standard InChI is InChI=1S/C18H21N3O2S/c1-12-6-8-14(9-7-12)21-17(15-10-24(23)11-16(15)20-21)19-18(22)13-4-2-3-5-13/h6-9,13H,2-5,10-11H2,1H3,(H,19,22). The van der Waals surface area contributed by atoms with E-state index in [2.05, 4.69) is 10.4 Å². The number of anilines is 1. The summed E-state index contributed by atoms with van der Waals surface area (Å²) in [6.45, 7) is 2.04. The number of carbonyl (C=O) groups excluding carboxylic acids is 1. The molecule has 1 aliphatic heterocycles. The van der Waals surface area contributed by atoms with Crippen LogP contribution in [0.2, 0.25) is 0 Å². The number of hydrogen-bond acceptors (Lipinski definition) is 3. The number of rotatable bonds is 3. The van der Waals surface area contributed by atoms with E-state index in [4.69, 9.17) is 0 Å². The molecule has 1 unspecified atom stereocenters. The molecule has 4 rings (SSSR count). The third-order valence-electron chi connectivity index (χ3n) is 4.92. The second-order valence-electron chi connectivity index (χ2n) is 6.72. The van der Waals surface area contributed by atoms with Crippen LogP contribution in [0.1, 0.15) is 42.5 Å². The molecule has 0 spiro atoms. The highest BCUT2D eigenvalue weighted by atomic mass is 32.2. The maximum atomic E-state index is 12.6. The first kappa shape index (κ1) is 15.6. The van der Waals surface area contributed by atoms with E-state index in [1.54, 1.807) is 4.68 Å². The molecule has 1 saturated carbocycles. The molecule has 2 heterocycles. The van der Waals surface area contributed by atoms with Crippen molar-refractivity contribution in [3.8, 4) is 5.69 Å². The summed E-state index contributed by atoms with van der Waals surface area (Å²) in [4.78, 5) is 12.6. The lowest BCUT2D eigenvalue weighted by molar-refractivity contribution is -0.119. The van der Waals surface area contributed by atoms with Gasteiger partial charge in [0.15, 0.2) is 0 Å². The van der Waals surface area contributed by atoms with Crippen LogP contribution in [0.3, 0.4) is 0 Å². The molecule has 1 aromatic carbocycles. The number of hydrogen-bond donors (Lipinski definition) is 1. The molecule has 0 saturated heterocycles. The van der Waals surface area contributed by atoms with Gasteiger partial charge in [-0.25, -0.2) is 4.68 Å². The average Bonchev–Trinajstić information content (AvgIpc) is 3.26. The molecule has 1 amide bonds. The predicted molar refractivity (Wildman–Crippen MR) is 94.4 cm³/mol. The van der Waals surface area contributed by atoms with Crippen molar-refractivity contribution >= 4 is 22.5 Å². The number of benzene rings is 1. The Bertz CT molecular complexity index is 804. The zero-order valence-electron chi connectivity index (χ0n) is 13.7. The molecular formula is C18H21N3O2S. The van der Waals surface area contributed by atoms with Crippen molar-refractivity contribution < 1.29 is 9.00 Å². The Morgan fingerprint density at radius 3 is 2.62 bits per heavy atom. The molecule has 0 radical (unpaired) electrons. The van der Waals surface area contributed by atoms with Crippen molar-refractivity contribution in [2.24, 2.45) is 5.92 Å². The van der Waals surface area contributed by atoms with Crippen molar-refractivity contribution in [1.29, 1.82) is 0 Å². The number of aryl methyl sites for hydroxylation is 1. The fraction of sp³-hybridized carbons (Fsp3) is 0.444. The molecule has 1 fully saturated rings. The van der Waals surface area contributed by atoms with Crippen molar-refractivity contribution in [1.82, 2.24) is 9.78 Å². The molecule has 2 aromatic rings. The number of fused-ring (bicyclic) bond motifs is 1. The van der Waals surface area contributed by atoms with E-state index < -0.39 is 10.8 Å². The van der Waals surface area contributed by atoms with Gasteiger partial charge in [-0.1, -0.05) is 30.5 Å². The lowest BCUT2D eigenvalue weighted by Gasteiger charge is -2.14. The lowest BCUT2D eigenvalue weighted by Crippen LogP contribution is -2.22. The quantitative estimate of drug-likeness (QED) is 0.931. The van der Waals surface area contributed by atoms with Gasteiger partial charge in [0.2, 0.25) is 5.91 Å². The van der Waals surface area contributed by atoms with Crippen LogP contribution in [0.4, 0.5) is 5.82 Å². The molecule has 1 N–H and O–H groups in total. The summed E-state index contributed by atoms with van der Waals surface area (Å²) < 4.78 is 13.7. The van der Waals surface area contributed by atoms with Crippen LogP contribution < -0.4 is 5.32 Å². The normalized spacial score (nSPS) is 20.3. The van der Waals surface area contributed by atoms with E-state index in [0.717, 1.165) is 42.6 Å². The van der Waals surface area contributed by atoms with Crippen LogP contribution in [-0.2, 0) is 27.1 Å². The predicted octanol–water partition coefficient (Wildman–Crippen LogP) is 3.07. The van der Waals surface area contributed by atoms with Crippen LogP contribution in [0.15, 0.2) is 24.3 Å². The Morgan fingerprint density at radius 2 is 1.92 bits per heavy atom. The minimum absolute atomic E-state index is 0.0706. The van der Waals surface area contributed by atoms with Gasteiger partial charge in [-0.05, 0) is 31.9 Å². The fourth-order valence-electron chi connectivity index (χ4n) is 3.54. The van der Waals surface area contributed by atoms with E-state index in [1.807, 2.05) is 31.2 Å². The minimum Gasteiger partial charge on any atom is -0.310 e. The highest BCUT2D eigenvalue weighted by Crippen LogP contribution is 2.33. The molecular weight excluding hydrogens is 322 g/mol. The maximum absolute atomic E-state index is 12.6. The molecule has 1 aromatic heterocycles. The first-order chi connectivity index (χ1) is 11.6. The zero-order chi connectivity index (χ0) is 16.7. The Labute approximate surface area is 143 Å². The second-order valence-corrected chi connectivity index (χ2v) is 8.18. The molecule has 5 nitrogen and oxygen atoms in total. The molecule has 6 heteroatoms. The van der Waals surface area contributed by atoms with Crippen LogP contribution >= 0.6 is 0 Å². The van der Waals surface area contributed by atoms with Crippen molar-refractivity contribution in [2.75, 3.05) is 5.32 Å². The van der Waals surface area contributed by atoms with Gasteiger partial charge in [-0.2, -0.15) is 5.10 Å². The topological polar surface area (TPSA) is 64.0 Å². The van der Waals surface area contributed by atoms with Crippen molar-refractivity contribution in [3.63, 3.8) is 0 Å². The fourth-order valence-corrected chi connectivity index (χ4v) is 4.80. The number of nitrogens with one attached hydrogen (secondary N) is 1. The van der Waals surface area contributed by atoms with E-state index in [9.17, 15) is 9.00 Å². The van der Waals surface area contributed by atoms with Crippen LogP contribution in [0.25, 0.3) is 5.69 Å². The van der Waals surface area contributed by atoms with Gasteiger partial charge in [0.1, 0.15) is 5.82 Å². The summed E-state index contributed by atoms with van der Waals surface area (Å²) >= 11 is 0. The number of carbonyl (C=O) groups is 1. The summed E-state index contributed by atoms with van der Waals surface area (Å²) in [6.07, 6.45) is 4.16. The SMILES string of the molecule is Cc1ccc(-n2nc3c(c2NC(=O)C2CCCC2)CS(=O)C3)cc1. The number of nitrogens with zero attached hydrogens (tertiary/aromatic N) is 2. The second kappa shape index (κ2) is 6.16. The molecule has 1 aliphatic carbocycles. The first-order valence-electron chi connectivity index (χ1n) is 8.45. The summed E-state index contributed by atoms with van der Waals surface area (Å²) in [5, 5.41) is 7.72. The Balaban J connectivity index is 1.71. The van der Waals surface area contributed by atoms with Gasteiger partial charge in [0, 0.05) is 22.3 Å². The summed E-state index contributed by atoms with van der Waals surface area (Å²) in [5.74, 6) is 1.81. The number of aromatic nitrogens is 2. The van der Waals surface area contributed by atoms with Gasteiger partial charge in [0.25, 0.3) is 0 Å². The smallest absolute Gasteiger partial charge is 0.228 e. The van der Waals surface area contributed by atoms with Gasteiger partial charge < -0.3 is 5.32 Å². The van der Waals surface area contributed by atoms with E-state index in [1.165, 1.54) is 5.56 Å². The highest BCUT2D eigenvalue weighted by molar-refractivity contribution is 7.83. The Kier molecular flexibility index (Phi) is 4.00. The molecule has 2 aliphatic rings. The third-order valence-corrected chi connectivity index (χ3v) is 6.12. The third kappa shape index (κ3) is 2.79. The van der Waals surface area contributed by atoms with E-state index in [-0.39, 0.29) is 11.8 Å². The summed E-state index contributed by atoms with van der Waals surface area (Å²) in [5.41, 5.74) is 3.87. The van der Waals surface area contributed by atoms with E-state index >= 15 is 0 Å². The van der Waals surface area contributed by atoms with Crippen LogP contribution in [0.5, 0.6) is 0 Å². The minimum atomic E-state index is -0.911. The van der Waals surface area contributed by atoms with Crippen LogP contribution in [-0.4, -0.2) is 19.9 Å². The van der Waals surface area contributed by atoms with E-state index in [0.29, 0.717) is 17.3 Å². The first-order valence-corrected chi connectivity index (χ1v) is 9.94. The maximum Gasteiger partial charge on any atom is 0.228 e. The molecule has 24 heavy (non-hydrogen) atoms. The molecule has 0 bridgehead atoms. The van der Waals surface area contributed by atoms with Crippen LogP contribution in [0, 0.1) is 12.8 Å². The molecule has 126 valence electrons. The highest BCUT2D eigenvalue weighted by Gasteiger charge is 2.30. The Morgan fingerprint density at radius 1 is 1.21 bits per heavy atom. The zero-order valence-corrected chi connectivity index (χ0v) is 14.6. The van der Waals surface area contributed by atoms with Gasteiger partial charge in [-0.3, -0.25) is 9.00 Å². The molecule has 1 atom stereocenters. The van der Waals surface area contributed by atoms with Gasteiger partial charge in [0.05, 0.1) is 22.9 Å². The number of amides is 1. The Hall–Kier alpha value is -1.95. The largest absolute Gasteiger partial charge is 0.310 e. The summed E-state index contributed by atoms with van der Waals surface area (Å²) in [7, 11) is -0.911. The van der Waals surface area contributed by atoms with Gasteiger partial charge in [-0.15, -0.1) is 0 Å². The van der Waals surface area contributed by atoms with Crippen molar-refractivity contribution in [3.05, 3.63) is 41.1 Å².